The van der Waals surface area contributed by atoms with E-state index in [0.29, 0.717) is 5.69 Å². The molecule has 0 amide bonds. The van der Waals surface area contributed by atoms with Gasteiger partial charge in [-0.05, 0) is 12.1 Å². The predicted octanol–water partition coefficient (Wildman–Crippen LogP) is 2.94. The largest absolute Gasteiger partial charge is 0.222 e. The molecule has 0 aliphatic carbocycles. The van der Waals surface area contributed by atoms with Crippen LogP contribution in [0.15, 0.2) is 71.8 Å². The van der Waals surface area contributed by atoms with Crippen molar-refractivity contribution in [3.8, 4) is 16.9 Å². The SMILES string of the molecule is CS(=O)(=O)c1cc(-c2ccccc2)nn1-c1ccccc1. The number of aromatic nitrogens is 2. The van der Waals surface area contributed by atoms with Crippen LogP contribution in [0, 0.1) is 0 Å². The molecule has 0 aliphatic rings. The summed E-state index contributed by atoms with van der Waals surface area (Å²) in [6, 6.07) is 20.4. The molecule has 0 spiro atoms. The van der Waals surface area contributed by atoms with Gasteiger partial charge in [-0.3, -0.25) is 0 Å². The quantitative estimate of drug-likeness (QED) is 0.747. The van der Waals surface area contributed by atoms with Crippen molar-refractivity contribution in [2.75, 3.05) is 6.26 Å². The minimum absolute atomic E-state index is 0.188. The first-order valence-electron chi connectivity index (χ1n) is 6.47. The summed E-state index contributed by atoms with van der Waals surface area (Å²) in [7, 11) is -3.37. The van der Waals surface area contributed by atoms with Crippen molar-refractivity contribution in [2.45, 2.75) is 5.03 Å². The molecule has 5 heteroatoms. The van der Waals surface area contributed by atoms with Crippen molar-refractivity contribution < 1.29 is 8.42 Å². The normalized spacial score (nSPS) is 11.5. The van der Waals surface area contributed by atoms with Crippen LogP contribution in [-0.2, 0) is 9.84 Å². The molecular formula is C16H14N2O2S. The molecule has 0 saturated heterocycles. The number of sulfone groups is 1. The molecule has 0 atom stereocenters. The maximum atomic E-state index is 12.0. The molecule has 1 heterocycles. The Morgan fingerprint density at radius 2 is 1.48 bits per heavy atom. The van der Waals surface area contributed by atoms with Gasteiger partial charge in [0.25, 0.3) is 0 Å². The molecule has 0 unspecified atom stereocenters. The van der Waals surface area contributed by atoms with Gasteiger partial charge in [0.1, 0.15) is 0 Å². The third-order valence-corrected chi connectivity index (χ3v) is 4.18. The fourth-order valence-corrected chi connectivity index (χ4v) is 2.92. The van der Waals surface area contributed by atoms with E-state index in [9.17, 15) is 8.42 Å². The summed E-state index contributed by atoms with van der Waals surface area (Å²) in [6.45, 7) is 0. The van der Waals surface area contributed by atoms with Crippen molar-refractivity contribution in [3.63, 3.8) is 0 Å². The molecule has 0 saturated carbocycles. The first kappa shape index (κ1) is 13.6. The summed E-state index contributed by atoms with van der Waals surface area (Å²) < 4.78 is 25.5. The van der Waals surface area contributed by atoms with Gasteiger partial charge in [-0.25, -0.2) is 13.1 Å². The molecule has 0 N–H and O–H groups in total. The van der Waals surface area contributed by atoms with Crippen molar-refractivity contribution >= 4 is 9.84 Å². The third-order valence-electron chi connectivity index (χ3n) is 3.13. The van der Waals surface area contributed by atoms with Gasteiger partial charge in [-0.2, -0.15) is 5.10 Å². The van der Waals surface area contributed by atoms with Gasteiger partial charge < -0.3 is 0 Å². The van der Waals surface area contributed by atoms with Gasteiger partial charge in [0.05, 0.1) is 11.4 Å². The Morgan fingerprint density at radius 1 is 0.905 bits per heavy atom. The average Bonchev–Trinajstić information content (AvgIpc) is 2.94. The molecule has 0 bridgehead atoms. The lowest BCUT2D eigenvalue weighted by Crippen LogP contribution is -2.07. The molecule has 2 aromatic carbocycles. The highest BCUT2D eigenvalue weighted by atomic mass is 32.2. The van der Waals surface area contributed by atoms with Crippen molar-refractivity contribution in [1.29, 1.82) is 0 Å². The zero-order chi connectivity index (χ0) is 14.9. The third kappa shape index (κ3) is 2.73. The highest BCUT2D eigenvalue weighted by Gasteiger charge is 2.18. The fourth-order valence-electron chi connectivity index (χ4n) is 2.13. The highest BCUT2D eigenvalue weighted by Crippen LogP contribution is 2.24. The zero-order valence-corrected chi connectivity index (χ0v) is 12.3. The molecular weight excluding hydrogens is 284 g/mol. The molecule has 21 heavy (non-hydrogen) atoms. The van der Waals surface area contributed by atoms with E-state index in [4.69, 9.17) is 0 Å². The summed E-state index contributed by atoms with van der Waals surface area (Å²) in [5.41, 5.74) is 2.25. The van der Waals surface area contributed by atoms with Crippen LogP contribution < -0.4 is 0 Å². The van der Waals surface area contributed by atoms with Crippen LogP contribution >= 0.6 is 0 Å². The number of hydrogen-bond acceptors (Lipinski definition) is 3. The highest BCUT2D eigenvalue weighted by molar-refractivity contribution is 7.90. The Hall–Kier alpha value is -2.40. The van der Waals surface area contributed by atoms with Crippen LogP contribution in [0.4, 0.5) is 0 Å². The molecule has 106 valence electrons. The first-order valence-corrected chi connectivity index (χ1v) is 8.36. The second kappa shape index (κ2) is 5.18. The van der Waals surface area contributed by atoms with Crippen molar-refractivity contribution in [1.82, 2.24) is 9.78 Å². The van der Waals surface area contributed by atoms with Gasteiger partial charge in [0.15, 0.2) is 14.9 Å². The topological polar surface area (TPSA) is 52.0 Å². The lowest BCUT2D eigenvalue weighted by atomic mass is 10.2. The summed E-state index contributed by atoms with van der Waals surface area (Å²) >= 11 is 0. The molecule has 3 aromatic rings. The van der Waals surface area contributed by atoms with Crippen molar-refractivity contribution in [2.24, 2.45) is 0 Å². The fraction of sp³-hybridized carbons (Fsp3) is 0.0625. The van der Waals surface area contributed by atoms with Crippen LogP contribution in [0.25, 0.3) is 16.9 Å². The Labute approximate surface area is 123 Å². The van der Waals surface area contributed by atoms with Crippen LogP contribution in [-0.4, -0.2) is 24.5 Å². The smallest absolute Gasteiger partial charge is 0.192 e. The summed E-state index contributed by atoms with van der Waals surface area (Å²) in [5.74, 6) is 0. The zero-order valence-electron chi connectivity index (χ0n) is 11.5. The second-order valence-electron chi connectivity index (χ2n) is 4.75. The van der Waals surface area contributed by atoms with Crippen LogP contribution in [0.1, 0.15) is 0 Å². The van der Waals surface area contributed by atoms with Gasteiger partial charge in [-0.15, -0.1) is 0 Å². The van der Waals surface area contributed by atoms with Gasteiger partial charge >= 0.3 is 0 Å². The minimum atomic E-state index is -3.37. The Bertz CT molecular complexity index is 854. The molecule has 4 nitrogen and oxygen atoms in total. The second-order valence-corrected chi connectivity index (χ2v) is 6.72. The maximum absolute atomic E-state index is 12.0. The van der Waals surface area contributed by atoms with Crippen molar-refractivity contribution in [3.05, 3.63) is 66.7 Å². The molecule has 0 aliphatic heterocycles. The maximum Gasteiger partial charge on any atom is 0.192 e. The van der Waals surface area contributed by atoms with E-state index in [2.05, 4.69) is 5.10 Å². The van der Waals surface area contributed by atoms with E-state index in [-0.39, 0.29) is 5.03 Å². The Kier molecular flexibility index (Phi) is 3.35. The van der Waals surface area contributed by atoms with Crippen LogP contribution in [0.3, 0.4) is 0 Å². The lowest BCUT2D eigenvalue weighted by Gasteiger charge is -2.04. The minimum Gasteiger partial charge on any atom is -0.222 e. The van der Waals surface area contributed by atoms with Gasteiger partial charge in [0, 0.05) is 17.9 Å². The molecule has 1 aromatic heterocycles. The number of para-hydroxylation sites is 1. The first-order chi connectivity index (χ1) is 10.1. The number of nitrogens with zero attached hydrogens (tertiary/aromatic N) is 2. The molecule has 0 fully saturated rings. The molecule has 0 radical (unpaired) electrons. The van der Waals surface area contributed by atoms with E-state index in [0.717, 1.165) is 11.3 Å². The van der Waals surface area contributed by atoms with E-state index < -0.39 is 9.84 Å². The Morgan fingerprint density at radius 3 is 2.05 bits per heavy atom. The van der Waals surface area contributed by atoms with E-state index in [1.165, 1.54) is 10.9 Å². The lowest BCUT2D eigenvalue weighted by molar-refractivity contribution is 0.592. The summed E-state index contributed by atoms with van der Waals surface area (Å²) in [5, 5.41) is 4.64. The predicted molar refractivity (Wildman–Crippen MR) is 82.1 cm³/mol. The van der Waals surface area contributed by atoms with Gasteiger partial charge in [0.2, 0.25) is 0 Å². The van der Waals surface area contributed by atoms with Gasteiger partial charge in [-0.1, -0.05) is 48.5 Å². The number of hydrogen-bond donors (Lipinski definition) is 0. The van der Waals surface area contributed by atoms with Crippen LogP contribution in [0.5, 0.6) is 0 Å². The van der Waals surface area contributed by atoms with E-state index in [1.807, 2.05) is 60.7 Å². The number of benzene rings is 2. The molecule has 3 rings (SSSR count). The standard InChI is InChI=1S/C16H14N2O2S/c1-21(19,20)16-12-15(13-8-4-2-5-9-13)17-18(16)14-10-6-3-7-11-14/h2-12H,1H3. The van der Waals surface area contributed by atoms with E-state index >= 15 is 0 Å². The van der Waals surface area contributed by atoms with Crippen LogP contribution in [0.2, 0.25) is 0 Å². The number of rotatable bonds is 3. The Balaban J connectivity index is 2.22. The van der Waals surface area contributed by atoms with E-state index in [1.54, 1.807) is 6.07 Å². The summed E-state index contributed by atoms with van der Waals surface area (Å²) in [6.07, 6.45) is 1.19. The summed E-state index contributed by atoms with van der Waals surface area (Å²) in [4.78, 5) is 0. The average molecular weight is 298 g/mol. The monoisotopic (exact) mass is 298 g/mol.